The van der Waals surface area contributed by atoms with Crippen LogP contribution in [0.3, 0.4) is 0 Å². The maximum Gasteiger partial charge on any atom is 0.496 e. The van der Waals surface area contributed by atoms with Crippen LogP contribution in [0.5, 0.6) is 0 Å². The standard InChI is InChI=1S/C19H16FN5O2.C13H10FN3.C11H17BN2O2.C8H5BrFN.C6H10N2O3/c1-21-16-10-12(3-5-14(16)20)9-13-4-7-17(22-11-13)23-19(27)15-6-8-18(26)25(2)24-15;1-16-12-7-9(2-4-11(12)14)6-10-3-5-13(15)17-8-10;1-10(2)11(3,4)16-12(15-10)8-5-6-9(13)14-7-8;1-11-8-4-6(5-9)2-3-7(8)10;1-8-5(9)3-2-4(7)6(10)11/h3-5,7,10-11H,6,8-9H2,2H3,(H,22,23,27);2-5,7-8H,6H2,(H2,15,17);5-7H,1-4H3,(H2,13,14);2-4H,5H2;7H,2-3H2,1H3,(H,8,9)(H,10,11). The van der Waals surface area contributed by atoms with E-state index in [1.54, 1.807) is 67.1 Å². The van der Waals surface area contributed by atoms with Gasteiger partial charge in [-0.1, -0.05) is 63.5 Å². The normalized spacial score (nSPS) is 13.4. The monoisotopic (exact) mass is 1180 g/mol. The van der Waals surface area contributed by atoms with Crippen molar-refractivity contribution in [1.82, 2.24) is 25.3 Å². The summed E-state index contributed by atoms with van der Waals surface area (Å²) in [6.45, 7) is 28.5. The van der Waals surface area contributed by atoms with E-state index in [4.69, 9.17) is 51.0 Å². The number of alkyl halides is 1. The van der Waals surface area contributed by atoms with Crippen molar-refractivity contribution >= 4 is 98.1 Å². The van der Waals surface area contributed by atoms with E-state index in [0.29, 0.717) is 42.0 Å². The molecule has 0 radical (unpaired) electrons. The Bertz CT molecular complexity index is 3390. The van der Waals surface area contributed by atoms with Gasteiger partial charge in [0.25, 0.3) is 5.91 Å². The Kier molecular flexibility index (Phi) is 24.5. The van der Waals surface area contributed by atoms with Crippen molar-refractivity contribution in [3.05, 3.63) is 189 Å². The number of aliphatic carboxylic acids is 1. The zero-order chi connectivity index (χ0) is 60.7. The summed E-state index contributed by atoms with van der Waals surface area (Å²) in [6, 6.07) is 24.1. The Morgan fingerprint density at radius 1 is 0.720 bits per heavy atom. The number of nitrogen functional groups attached to an aromatic ring is 2. The number of carbonyl (C=O) groups is 4. The summed E-state index contributed by atoms with van der Waals surface area (Å²) in [7, 11) is 2.61. The lowest BCUT2D eigenvalue weighted by Gasteiger charge is -2.32. The van der Waals surface area contributed by atoms with Crippen molar-refractivity contribution in [1.29, 1.82) is 5.41 Å². The first-order valence-electron chi connectivity index (χ1n) is 24.7. The highest BCUT2D eigenvalue weighted by molar-refractivity contribution is 9.08. The summed E-state index contributed by atoms with van der Waals surface area (Å²) < 4.78 is 51.0. The Balaban J connectivity index is 0.000000231. The van der Waals surface area contributed by atoms with E-state index in [0.717, 1.165) is 38.3 Å². The molecule has 2 aliphatic heterocycles. The molecule has 424 valence electrons. The molecule has 3 amide bonds. The van der Waals surface area contributed by atoms with Crippen molar-refractivity contribution in [2.24, 2.45) is 5.10 Å². The lowest BCUT2D eigenvalue weighted by Crippen LogP contribution is -2.41. The average Bonchev–Trinajstić information content (AvgIpc) is 3.75. The number of nitrogens with two attached hydrogens (primary N) is 2. The number of aromatic nitrogens is 3. The number of rotatable bonds is 12. The number of amides is 3. The third-order valence-corrected chi connectivity index (χ3v) is 12.9. The predicted molar refractivity (Wildman–Crippen MR) is 310 cm³/mol. The molecule has 20 nitrogen and oxygen atoms in total. The third kappa shape index (κ3) is 20.1. The van der Waals surface area contributed by atoms with Crippen LogP contribution in [0.2, 0.25) is 0 Å². The molecule has 0 spiro atoms. The van der Waals surface area contributed by atoms with Crippen molar-refractivity contribution in [3.8, 4) is 0 Å². The molecule has 5 heterocycles. The number of nitrogens with one attached hydrogen (secondary N) is 3. The number of hydrazone groups is 1. The molecule has 0 bridgehead atoms. The first kappa shape index (κ1) is 65.2. The minimum Gasteiger partial charge on any atom is -0.477 e. The molecule has 82 heavy (non-hydrogen) atoms. The molecule has 0 atom stereocenters. The minimum absolute atomic E-state index is 0.0129. The number of hydrogen-bond donors (Lipinski definition) is 6. The number of halogens is 4. The van der Waals surface area contributed by atoms with Crippen LogP contribution in [0.4, 0.5) is 47.7 Å². The van der Waals surface area contributed by atoms with Gasteiger partial charge in [0.05, 0.1) is 30.9 Å². The van der Waals surface area contributed by atoms with E-state index in [1.807, 2.05) is 39.8 Å². The molecule has 8 rings (SSSR count). The average molecular weight is 1180 g/mol. The number of benzene rings is 3. The Morgan fingerprint density at radius 2 is 1.18 bits per heavy atom. The van der Waals surface area contributed by atoms with Crippen LogP contribution in [-0.2, 0) is 46.7 Å². The van der Waals surface area contributed by atoms with Crippen molar-refractivity contribution in [3.63, 3.8) is 0 Å². The van der Waals surface area contributed by atoms with Gasteiger partial charge in [-0.25, -0.2) is 52.5 Å². The molecule has 0 unspecified atom stereocenters. The molecule has 25 heteroatoms. The van der Waals surface area contributed by atoms with Gasteiger partial charge in [0.1, 0.15) is 46.3 Å². The first-order valence-corrected chi connectivity index (χ1v) is 25.9. The fourth-order valence-corrected chi connectivity index (χ4v) is 7.23. The van der Waals surface area contributed by atoms with Crippen molar-refractivity contribution < 1.29 is 46.8 Å². The molecular weight excluding hydrogens is 1130 g/mol. The molecule has 1 saturated heterocycles. The van der Waals surface area contributed by atoms with Gasteiger partial charge < -0.3 is 36.5 Å². The number of carboxylic acid groups (broad SMARTS) is 1. The molecule has 0 saturated carbocycles. The third-order valence-electron chi connectivity index (χ3n) is 12.2. The Morgan fingerprint density at radius 3 is 1.60 bits per heavy atom. The summed E-state index contributed by atoms with van der Waals surface area (Å²) in [4.78, 5) is 65.7. The topological polar surface area (TPSA) is 274 Å². The molecule has 3 aromatic heterocycles. The predicted octanol–water partition coefficient (Wildman–Crippen LogP) is 9.70. The van der Waals surface area contributed by atoms with E-state index < -0.39 is 35.0 Å². The van der Waals surface area contributed by atoms with Crippen LogP contribution in [-0.4, -0.2) is 92.6 Å². The van der Waals surface area contributed by atoms with Crippen LogP contribution in [0, 0.1) is 42.6 Å². The number of carboxylic acids is 1. The minimum atomic E-state index is -1.27. The van der Waals surface area contributed by atoms with Gasteiger partial charge in [-0.2, -0.15) is 5.10 Å². The number of pyridine rings is 3. The van der Waals surface area contributed by atoms with Crippen LogP contribution in [0.15, 0.2) is 115 Å². The van der Waals surface area contributed by atoms with Crippen LogP contribution < -0.4 is 27.6 Å². The van der Waals surface area contributed by atoms with Gasteiger partial charge in [-0.15, -0.1) is 0 Å². The number of carbonyl (C=O) groups excluding carboxylic acids is 3. The van der Waals surface area contributed by atoms with E-state index >= 15 is 0 Å². The van der Waals surface area contributed by atoms with Gasteiger partial charge in [0, 0.05) is 69.2 Å². The molecule has 3 aromatic carbocycles. The van der Waals surface area contributed by atoms with E-state index in [9.17, 15) is 32.3 Å². The second-order valence-corrected chi connectivity index (χ2v) is 19.4. The van der Waals surface area contributed by atoms with Crippen molar-refractivity contribution in [2.45, 2.75) is 82.8 Å². The lowest BCUT2D eigenvalue weighted by molar-refractivity contribution is -0.131. The fourth-order valence-electron chi connectivity index (χ4n) is 6.88. The van der Waals surface area contributed by atoms with Gasteiger partial charge >= 0.3 is 13.1 Å². The van der Waals surface area contributed by atoms with Gasteiger partial charge in [0.2, 0.25) is 28.9 Å². The molecular formula is C57H58BBrF3N13O7. The zero-order valence-electron chi connectivity index (χ0n) is 45.6. The fraction of sp³-hybridized carbons (Fsp3) is 0.263. The smallest absolute Gasteiger partial charge is 0.477 e. The second kappa shape index (κ2) is 30.9. The van der Waals surface area contributed by atoms with Gasteiger partial charge in [-0.3, -0.25) is 19.8 Å². The summed E-state index contributed by atoms with van der Waals surface area (Å²) in [5.74, 6) is -2.19. The number of anilines is 3. The molecule has 0 aliphatic carbocycles. The maximum absolute atomic E-state index is 13.4. The summed E-state index contributed by atoms with van der Waals surface area (Å²) in [6.07, 6.45) is 6.65. The highest BCUT2D eigenvalue weighted by Crippen LogP contribution is 2.36. The summed E-state index contributed by atoms with van der Waals surface area (Å²) >= 11 is 3.22. The van der Waals surface area contributed by atoms with E-state index in [1.165, 1.54) is 44.4 Å². The highest BCUT2D eigenvalue weighted by atomic mass is 79.9. The van der Waals surface area contributed by atoms with E-state index in [2.05, 4.69) is 61.2 Å². The quantitative estimate of drug-likeness (QED) is 0.0289. The summed E-state index contributed by atoms with van der Waals surface area (Å²) in [5, 5.41) is 25.8. The molecule has 1 fully saturated rings. The Labute approximate surface area is 481 Å². The van der Waals surface area contributed by atoms with E-state index in [-0.39, 0.29) is 72.2 Å². The van der Waals surface area contributed by atoms with Gasteiger partial charge in [-0.05, 0) is 112 Å². The molecule has 8 N–H and O–H groups in total. The first-order chi connectivity index (χ1) is 38.8. The lowest BCUT2D eigenvalue weighted by atomic mass is 9.80. The SMILES string of the molecule is CC1(C)OB(c2ccc(N)nc2)OC1(C)C.CNC(=O)CCC(=N)C(=O)O.[C-]#[N+]c1cc(CBr)ccc1F.[C-]#[N+]c1cc(Cc2ccc(N)nc2)ccc1F.[C-]#[N+]c1cc(Cc2ccc(NC(=O)C3=NN(C)C(=O)CC3)nc2)ccc1F. The molecule has 6 aromatic rings. The second-order valence-electron chi connectivity index (χ2n) is 18.8. The number of hydrogen-bond acceptors (Lipinski definition) is 13. The zero-order valence-corrected chi connectivity index (χ0v) is 47.1. The summed E-state index contributed by atoms with van der Waals surface area (Å²) in [5.41, 5.74) is 15.7. The van der Waals surface area contributed by atoms with Crippen molar-refractivity contribution in [2.75, 3.05) is 30.9 Å². The largest absolute Gasteiger partial charge is 0.496 e. The van der Waals surface area contributed by atoms with Crippen LogP contribution >= 0.6 is 15.9 Å². The highest BCUT2D eigenvalue weighted by Gasteiger charge is 2.51. The van der Waals surface area contributed by atoms with Crippen LogP contribution in [0.25, 0.3) is 14.5 Å². The number of nitrogens with zero attached hydrogens (tertiary/aromatic N) is 8. The Hall–Kier alpha value is -9.35. The van der Waals surface area contributed by atoms with Gasteiger partial charge in [0.15, 0.2) is 0 Å². The molecule has 2 aliphatic rings. The maximum atomic E-state index is 13.4. The van der Waals surface area contributed by atoms with Crippen LogP contribution in [0.1, 0.15) is 81.2 Å².